The second-order valence-electron chi connectivity index (χ2n) is 5.46. The average molecular weight is 282 g/mol. The van der Waals surface area contributed by atoms with Gasteiger partial charge in [-0.3, -0.25) is 9.79 Å². The molecule has 0 saturated carbocycles. The molecule has 2 saturated heterocycles. The van der Waals surface area contributed by atoms with Crippen molar-refractivity contribution in [3.63, 3.8) is 0 Å². The van der Waals surface area contributed by atoms with Crippen molar-refractivity contribution in [3.05, 3.63) is 0 Å². The lowest BCUT2D eigenvalue weighted by atomic mass is 9.96. The van der Waals surface area contributed by atoms with Crippen molar-refractivity contribution >= 4 is 11.9 Å². The maximum Gasteiger partial charge on any atom is 0.221 e. The van der Waals surface area contributed by atoms with Gasteiger partial charge >= 0.3 is 0 Å². The molecule has 2 rings (SSSR count). The fourth-order valence-corrected chi connectivity index (χ4v) is 2.81. The van der Waals surface area contributed by atoms with Crippen molar-refractivity contribution in [3.8, 4) is 0 Å². The van der Waals surface area contributed by atoms with Crippen molar-refractivity contribution in [2.75, 3.05) is 20.1 Å². The SMILES string of the molecule is CCCNC(=O)CCNC(=NC)NC1CC2CCC1O2. The van der Waals surface area contributed by atoms with E-state index < -0.39 is 0 Å². The van der Waals surface area contributed by atoms with E-state index in [-0.39, 0.29) is 5.91 Å². The van der Waals surface area contributed by atoms with Gasteiger partial charge in [-0.2, -0.15) is 0 Å². The minimum atomic E-state index is 0.0815. The lowest BCUT2D eigenvalue weighted by Crippen LogP contribution is -2.48. The summed E-state index contributed by atoms with van der Waals surface area (Å²) in [5.74, 6) is 0.840. The highest BCUT2D eigenvalue weighted by atomic mass is 16.5. The number of ether oxygens (including phenoxy) is 1. The Morgan fingerprint density at radius 2 is 2.15 bits per heavy atom. The quantitative estimate of drug-likeness (QED) is 0.486. The molecule has 114 valence electrons. The van der Waals surface area contributed by atoms with Crippen LogP contribution in [0.3, 0.4) is 0 Å². The number of nitrogens with zero attached hydrogens (tertiary/aromatic N) is 1. The molecule has 2 heterocycles. The van der Waals surface area contributed by atoms with Crippen molar-refractivity contribution in [2.24, 2.45) is 4.99 Å². The van der Waals surface area contributed by atoms with Crippen LogP contribution >= 0.6 is 0 Å². The molecule has 2 bridgehead atoms. The molecule has 6 nitrogen and oxygen atoms in total. The van der Waals surface area contributed by atoms with Gasteiger partial charge in [-0.1, -0.05) is 6.92 Å². The number of guanidine groups is 1. The average Bonchev–Trinajstić information content (AvgIpc) is 3.06. The summed E-state index contributed by atoms with van der Waals surface area (Å²) < 4.78 is 5.81. The van der Waals surface area contributed by atoms with E-state index in [1.807, 2.05) is 6.92 Å². The number of hydrogen-bond acceptors (Lipinski definition) is 3. The maximum atomic E-state index is 11.5. The number of carbonyl (C=O) groups is 1. The Hall–Kier alpha value is -1.30. The molecule has 0 spiro atoms. The van der Waals surface area contributed by atoms with E-state index in [4.69, 9.17) is 4.74 Å². The lowest BCUT2D eigenvalue weighted by Gasteiger charge is -2.22. The Morgan fingerprint density at radius 1 is 1.30 bits per heavy atom. The van der Waals surface area contributed by atoms with E-state index >= 15 is 0 Å². The van der Waals surface area contributed by atoms with Gasteiger partial charge in [0.25, 0.3) is 0 Å². The van der Waals surface area contributed by atoms with Crippen LogP contribution in [0, 0.1) is 0 Å². The summed E-state index contributed by atoms with van der Waals surface area (Å²) in [5, 5.41) is 9.44. The molecule has 3 N–H and O–H groups in total. The first kappa shape index (κ1) is 15.1. The largest absolute Gasteiger partial charge is 0.373 e. The topological polar surface area (TPSA) is 74.8 Å². The first-order valence-electron chi connectivity index (χ1n) is 7.62. The molecule has 2 fully saturated rings. The van der Waals surface area contributed by atoms with Gasteiger partial charge in [-0.25, -0.2) is 0 Å². The second-order valence-corrected chi connectivity index (χ2v) is 5.46. The van der Waals surface area contributed by atoms with Crippen LogP contribution in [0.4, 0.5) is 0 Å². The summed E-state index contributed by atoms with van der Waals surface area (Å²) in [6, 6.07) is 0.355. The maximum absolute atomic E-state index is 11.5. The smallest absolute Gasteiger partial charge is 0.221 e. The Morgan fingerprint density at radius 3 is 2.75 bits per heavy atom. The van der Waals surface area contributed by atoms with Crippen molar-refractivity contribution in [2.45, 2.75) is 57.3 Å². The molecule has 1 amide bonds. The van der Waals surface area contributed by atoms with Gasteiger partial charge in [-0.15, -0.1) is 0 Å². The number of aliphatic imine (C=N–C) groups is 1. The predicted molar refractivity (Wildman–Crippen MR) is 78.7 cm³/mol. The molecule has 6 heteroatoms. The summed E-state index contributed by atoms with van der Waals surface area (Å²) in [6.45, 7) is 3.38. The predicted octanol–water partition coefficient (Wildman–Crippen LogP) is 0.388. The molecule has 2 aliphatic heterocycles. The Kier molecular flexibility index (Phi) is 5.64. The molecule has 0 radical (unpaired) electrons. The van der Waals surface area contributed by atoms with Gasteiger partial charge in [0.15, 0.2) is 5.96 Å². The van der Waals surface area contributed by atoms with Crippen molar-refractivity contribution in [1.29, 1.82) is 0 Å². The minimum absolute atomic E-state index is 0.0815. The zero-order valence-electron chi connectivity index (χ0n) is 12.4. The third-order valence-corrected chi connectivity index (χ3v) is 3.87. The van der Waals surface area contributed by atoms with E-state index in [9.17, 15) is 4.79 Å². The highest BCUT2D eigenvalue weighted by Gasteiger charge is 2.41. The number of nitrogens with one attached hydrogen (secondary N) is 3. The van der Waals surface area contributed by atoms with Gasteiger partial charge in [0.05, 0.1) is 18.2 Å². The summed E-state index contributed by atoms with van der Waals surface area (Å²) in [7, 11) is 1.75. The van der Waals surface area contributed by atoms with Crippen LogP contribution in [0.2, 0.25) is 0 Å². The van der Waals surface area contributed by atoms with E-state index in [0.29, 0.717) is 31.2 Å². The van der Waals surface area contributed by atoms with E-state index in [0.717, 1.165) is 31.8 Å². The van der Waals surface area contributed by atoms with Crippen LogP contribution in [0.25, 0.3) is 0 Å². The van der Waals surface area contributed by atoms with Crippen LogP contribution in [0.15, 0.2) is 4.99 Å². The van der Waals surface area contributed by atoms with Gasteiger partial charge < -0.3 is 20.7 Å². The van der Waals surface area contributed by atoms with Crippen LogP contribution in [-0.2, 0) is 9.53 Å². The van der Waals surface area contributed by atoms with Crippen LogP contribution in [0.1, 0.15) is 39.0 Å². The molecule has 0 aliphatic carbocycles. The molecule has 0 aromatic heterocycles. The zero-order chi connectivity index (χ0) is 14.4. The fraction of sp³-hybridized carbons (Fsp3) is 0.857. The molecular formula is C14H26N4O2. The molecule has 3 atom stereocenters. The van der Waals surface area contributed by atoms with Crippen LogP contribution in [-0.4, -0.2) is 50.3 Å². The van der Waals surface area contributed by atoms with Gasteiger partial charge in [0.1, 0.15) is 0 Å². The first-order chi connectivity index (χ1) is 9.72. The zero-order valence-corrected chi connectivity index (χ0v) is 12.4. The summed E-state index contributed by atoms with van der Waals surface area (Å²) in [4.78, 5) is 15.7. The second kappa shape index (κ2) is 7.47. The third kappa shape index (κ3) is 4.10. The van der Waals surface area contributed by atoms with E-state index in [1.165, 1.54) is 6.42 Å². The molecule has 0 aromatic rings. The van der Waals surface area contributed by atoms with Gasteiger partial charge in [0, 0.05) is 26.6 Å². The number of fused-ring (bicyclic) bond motifs is 2. The molecule has 3 unspecified atom stereocenters. The van der Waals surface area contributed by atoms with E-state index in [1.54, 1.807) is 7.05 Å². The fourth-order valence-electron chi connectivity index (χ4n) is 2.81. The number of amides is 1. The first-order valence-corrected chi connectivity index (χ1v) is 7.62. The van der Waals surface area contributed by atoms with Crippen LogP contribution < -0.4 is 16.0 Å². The molecule has 20 heavy (non-hydrogen) atoms. The number of rotatable bonds is 6. The number of hydrogen-bond donors (Lipinski definition) is 3. The number of carbonyl (C=O) groups excluding carboxylic acids is 1. The summed E-state index contributed by atoms with van der Waals surface area (Å²) in [5.41, 5.74) is 0. The standard InChI is InChI=1S/C14H26N4O2/c1-3-7-16-13(19)6-8-17-14(15-2)18-11-9-10-4-5-12(11)20-10/h10-12H,3-9H2,1-2H3,(H,16,19)(H2,15,17,18). The van der Waals surface area contributed by atoms with Crippen LogP contribution in [0.5, 0.6) is 0 Å². The minimum Gasteiger partial charge on any atom is -0.373 e. The van der Waals surface area contributed by atoms with E-state index in [2.05, 4.69) is 20.9 Å². The monoisotopic (exact) mass is 282 g/mol. The Labute approximate surface area is 120 Å². The normalized spacial score (nSPS) is 28.5. The highest BCUT2D eigenvalue weighted by Crippen LogP contribution is 2.34. The van der Waals surface area contributed by atoms with Gasteiger partial charge in [0.2, 0.25) is 5.91 Å². The van der Waals surface area contributed by atoms with Crippen molar-refractivity contribution < 1.29 is 9.53 Å². The molecule has 2 aliphatic rings. The Bertz CT molecular complexity index is 359. The van der Waals surface area contributed by atoms with Gasteiger partial charge in [-0.05, 0) is 25.7 Å². The lowest BCUT2D eigenvalue weighted by molar-refractivity contribution is -0.120. The summed E-state index contributed by atoms with van der Waals surface area (Å²) in [6.07, 6.45) is 5.57. The Balaban J connectivity index is 1.64. The molecule has 0 aromatic carbocycles. The van der Waals surface area contributed by atoms with Crippen molar-refractivity contribution in [1.82, 2.24) is 16.0 Å². The summed E-state index contributed by atoms with van der Waals surface area (Å²) >= 11 is 0. The highest BCUT2D eigenvalue weighted by molar-refractivity contribution is 5.81. The molecular weight excluding hydrogens is 256 g/mol. The third-order valence-electron chi connectivity index (χ3n) is 3.87.